The van der Waals surface area contributed by atoms with E-state index in [1.807, 2.05) is 47.2 Å². The van der Waals surface area contributed by atoms with Crippen LogP contribution in [0.5, 0.6) is 0 Å². The second-order valence-electron chi connectivity index (χ2n) is 6.57. The van der Waals surface area contributed by atoms with Crippen LogP contribution in [0.2, 0.25) is 0 Å². The van der Waals surface area contributed by atoms with Crippen molar-refractivity contribution in [2.24, 2.45) is 0 Å². The second kappa shape index (κ2) is 9.87. The number of nitrogens with one attached hydrogen (secondary N) is 1. The number of amides is 1. The van der Waals surface area contributed by atoms with Gasteiger partial charge < -0.3 is 15.0 Å². The smallest absolute Gasteiger partial charge is 0.253 e. The van der Waals surface area contributed by atoms with Crippen LogP contribution in [-0.4, -0.2) is 38.1 Å². The predicted octanol–water partition coefficient (Wildman–Crippen LogP) is 3.89. The van der Waals surface area contributed by atoms with Crippen molar-refractivity contribution in [1.29, 1.82) is 0 Å². The Morgan fingerprint density at radius 3 is 2.24 bits per heavy atom. The van der Waals surface area contributed by atoms with E-state index in [2.05, 4.69) is 10.3 Å². The fraction of sp³-hybridized carbons (Fsp3) is 0.238. The molecule has 3 rings (SSSR count). The minimum atomic E-state index is -1.32. The van der Waals surface area contributed by atoms with Crippen LogP contribution < -0.4 is 5.32 Å². The number of alkyl halides is 3. The van der Waals surface area contributed by atoms with Crippen molar-refractivity contribution < 1.29 is 14.3 Å². The third-order valence-electron chi connectivity index (χ3n) is 4.54. The third-order valence-corrected chi connectivity index (χ3v) is 4.93. The first-order valence-electron chi connectivity index (χ1n) is 8.95. The highest BCUT2D eigenvalue weighted by atomic mass is 35.5. The van der Waals surface area contributed by atoms with Crippen molar-refractivity contribution in [3.63, 3.8) is 0 Å². The zero-order valence-electron chi connectivity index (χ0n) is 15.4. The van der Waals surface area contributed by atoms with Gasteiger partial charge in [0.1, 0.15) is 12.8 Å². The lowest BCUT2D eigenvalue weighted by Gasteiger charge is -2.22. The zero-order valence-corrected chi connectivity index (χ0v) is 16.9. The molecule has 0 fully saturated rings. The number of nitrogens with zero attached hydrogens (tertiary/aromatic N) is 2. The molecule has 2 N–H and O–H groups in total. The number of benzene rings is 2. The van der Waals surface area contributed by atoms with E-state index in [4.69, 9.17) is 23.2 Å². The van der Waals surface area contributed by atoms with E-state index in [0.717, 1.165) is 23.2 Å². The van der Waals surface area contributed by atoms with Gasteiger partial charge in [-0.2, -0.15) is 0 Å². The molecule has 0 saturated heterocycles. The summed E-state index contributed by atoms with van der Waals surface area (Å²) in [4.78, 5) is 14.3. The molecule has 1 heterocycles. The number of hydrogen-bond donors (Lipinski definition) is 2. The number of carbonyl (C=O) groups is 1. The Bertz CT molecular complexity index is 916. The van der Waals surface area contributed by atoms with E-state index in [-0.39, 0.29) is 0 Å². The van der Waals surface area contributed by atoms with E-state index in [1.165, 1.54) is 0 Å². The number of carbonyl (C=O) groups excluding carboxylic acids is 1. The highest BCUT2D eigenvalue weighted by Gasteiger charge is 2.25. The SMILES string of the molecule is O=C(N[C@H](CF)[C@H](O)c1ccc(-c2ccc(Cn3ccnc3)cc2)cc1)C(Cl)Cl. The molecule has 5 nitrogen and oxygen atoms in total. The van der Waals surface area contributed by atoms with Gasteiger partial charge in [-0.3, -0.25) is 4.79 Å². The summed E-state index contributed by atoms with van der Waals surface area (Å²) in [6.07, 6.45) is 4.20. The van der Waals surface area contributed by atoms with Gasteiger partial charge in [-0.05, 0) is 22.3 Å². The zero-order chi connectivity index (χ0) is 20.8. The minimum Gasteiger partial charge on any atom is -0.386 e. The molecule has 8 heteroatoms. The molecule has 0 spiro atoms. The van der Waals surface area contributed by atoms with Crippen molar-refractivity contribution >= 4 is 29.1 Å². The number of halogens is 3. The summed E-state index contributed by atoms with van der Waals surface area (Å²) in [5, 5.41) is 12.7. The van der Waals surface area contributed by atoms with Gasteiger partial charge in [0, 0.05) is 18.9 Å². The Labute approximate surface area is 178 Å². The molecule has 1 aromatic heterocycles. The molecule has 0 aliphatic heterocycles. The van der Waals surface area contributed by atoms with Crippen molar-refractivity contribution in [2.45, 2.75) is 23.5 Å². The molecule has 29 heavy (non-hydrogen) atoms. The number of aliphatic hydroxyl groups is 1. The van der Waals surface area contributed by atoms with Gasteiger partial charge in [0.2, 0.25) is 0 Å². The maximum absolute atomic E-state index is 13.3. The largest absolute Gasteiger partial charge is 0.386 e. The molecule has 0 bridgehead atoms. The van der Waals surface area contributed by atoms with Gasteiger partial charge in [0.25, 0.3) is 5.91 Å². The summed E-state index contributed by atoms with van der Waals surface area (Å²) >= 11 is 10.9. The summed E-state index contributed by atoms with van der Waals surface area (Å²) in [5.41, 5.74) is 3.60. The van der Waals surface area contributed by atoms with Crippen molar-refractivity contribution in [3.8, 4) is 11.1 Å². The minimum absolute atomic E-state index is 0.481. The number of aromatic nitrogens is 2. The average Bonchev–Trinajstić information content (AvgIpc) is 3.25. The van der Waals surface area contributed by atoms with E-state index in [0.29, 0.717) is 5.56 Å². The normalized spacial score (nSPS) is 13.3. The highest BCUT2D eigenvalue weighted by Crippen LogP contribution is 2.24. The molecular weight excluding hydrogens is 416 g/mol. The summed E-state index contributed by atoms with van der Waals surface area (Å²) < 4.78 is 15.3. The van der Waals surface area contributed by atoms with Gasteiger partial charge in [-0.1, -0.05) is 71.7 Å². The Balaban J connectivity index is 1.68. The van der Waals surface area contributed by atoms with Crippen LogP contribution in [0, 0.1) is 0 Å². The van der Waals surface area contributed by atoms with E-state index >= 15 is 0 Å². The number of hydrogen-bond acceptors (Lipinski definition) is 3. The molecule has 152 valence electrons. The summed E-state index contributed by atoms with van der Waals surface area (Å²) in [6.45, 7) is -0.208. The summed E-state index contributed by atoms with van der Waals surface area (Å²) in [7, 11) is 0. The van der Waals surface area contributed by atoms with Crippen molar-refractivity contribution in [1.82, 2.24) is 14.9 Å². The van der Waals surface area contributed by atoms with Crippen LogP contribution in [0.15, 0.2) is 67.3 Å². The van der Waals surface area contributed by atoms with Gasteiger partial charge in [0.05, 0.1) is 12.4 Å². The Morgan fingerprint density at radius 2 is 1.72 bits per heavy atom. The lowest BCUT2D eigenvalue weighted by molar-refractivity contribution is -0.121. The standard InChI is InChI=1S/C21H20Cl2FN3O2/c22-20(23)21(29)26-18(11-24)19(28)17-7-5-16(6-8-17)15-3-1-14(2-4-15)12-27-10-9-25-13-27/h1-10,13,18-20,28H,11-12H2,(H,26,29)/t18-,19-/m1/s1. The maximum Gasteiger partial charge on any atom is 0.253 e. The molecular formula is C21H20Cl2FN3O2. The Kier molecular flexibility index (Phi) is 7.25. The fourth-order valence-electron chi connectivity index (χ4n) is 2.95. The third kappa shape index (κ3) is 5.56. The molecule has 0 radical (unpaired) electrons. The van der Waals surface area contributed by atoms with E-state index in [1.54, 1.807) is 24.7 Å². The van der Waals surface area contributed by atoms with Gasteiger partial charge in [0.15, 0.2) is 4.84 Å². The quantitative estimate of drug-likeness (QED) is 0.527. The highest BCUT2D eigenvalue weighted by molar-refractivity contribution is 6.53. The number of aliphatic hydroxyl groups excluding tert-OH is 1. The van der Waals surface area contributed by atoms with Crippen LogP contribution in [0.4, 0.5) is 4.39 Å². The summed E-state index contributed by atoms with van der Waals surface area (Å²) in [6, 6.07) is 14.1. The first-order chi connectivity index (χ1) is 14.0. The first-order valence-corrected chi connectivity index (χ1v) is 9.83. The Morgan fingerprint density at radius 1 is 1.10 bits per heavy atom. The summed E-state index contributed by atoms with van der Waals surface area (Å²) in [5.74, 6) is -0.748. The molecule has 0 aliphatic rings. The molecule has 2 aromatic carbocycles. The molecule has 2 atom stereocenters. The monoisotopic (exact) mass is 435 g/mol. The van der Waals surface area contributed by atoms with Crippen LogP contribution >= 0.6 is 23.2 Å². The second-order valence-corrected chi connectivity index (χ2v) is 7.67. The van der Waals surface area contributed by atoms with Gasteiger partial charge in [-0.25, -0.2) is 9.37 Å². The van der Waals surface area contributed by atoms with Crippen LogP contribution in [0.25, 0.3) is 11.1 Å². The van der Waals surface area contributed by atoms with Crippen molar-refractivity contribution in [2.75, 3.05) is 6.67 Å². The molecule has 0 saturated carbocycles. The van der Waals surface area contributed by atoms with Crippen LogP contribution in [0.1, 0.15) is 17.2 Å². The molecule has 3 aromatic rings. The lowest BCUT2D eigenvalue weighted by atomic mass is 9.98. The van der Waals surface area contributed by atoms with E-state index in [9.17, 15) is 14.3 Å². The molecule has 0 aliphatic carbocycles. The Hall–Kier alpha value is -2.41. The first kappa shape index (κ1) is 21.3. The predicted molar refractivity (Wildman–Crippen MR) is 112 cm³/mol. The van der Waals surface area contributed by atoms with E-state index < -0.39 is 29.6 Å². The molecule has 1 amide bonds. The molecule has 0 unspecified atom stereocenters. The average molecular weight is 436 g/mol. The van der Waals surface area contributed by atoms with Gasteiger partial charge in [-0.15, -0.1) is 0 Å². The number of rotatable bonds is 8. The fourth-order valence-corrected chi connectivity index (χ4v) is 3.07. The topological polar surface area (TPSA) is 67.2 Å². The van der Waals surface area contributed by atoms with Crippen LogP contribution in [-0.2, 0) is 11.3 Å². The maximum atomic E-state index is 13.3. The number of imidazole rings is 1. The van der Waals surface area contributed by atoms with Gasteiger partial charge >= 0.3 is 0 Å². The lowest BCUT2D eigenvalue weighted by Crippen LogP contribution is -2.43. The van der Waals surface area contributed by atoms with Crippen molar-refractivity contribution in [3.05, 3.63) is 78.4 Å². The van der Waals surface area contributed by atoms with Crippen LogP contribution in [0.3, 0.4) is 0 Å².